The minimum atomic E-state index is -0.264. The first kappa shape index (κ1) is 12.1. The average molecular weight is 212 g/mol. The normalized spacial score (nSPS) is 10.5. The quantitative estimate of drug-likeness (QED) is 0.693. The van der Waals surface area contributed by atoms with E-state index in [0.29, 0.717) is 0 Å². The second kappa shape index (κ2) is 7.31. The summed E-state index contributed by atoms with van der Waals surface area (Å²) < 4.78 is 17.6. The second-order valence-corrected chi connectivity index (χ2v) is 3.36. The summed E-state index contributed by atoms with van der Waals surface area (Å²) in [6.07, 6.45) is 4.76. The monoisotopic (exact) mass is 212 g/mol. The maximum atomic E-state index is 12.7. The molecule has 15 heavy (non-hydrogen) atoms. The van der Waals surface area contributed by atoms with Crippen LogP contribution in [0.2, 0.25) is 0 Å². The van der Waals surface area contributed by atoms with Crippen molar-refractivity contribution in [1.82, 2.24) is 10.3 Å². The topological polar surface area (TPSA) is 34.1 Å². The zero-order valence-corrected chi connectivity index (χ0v) is 9.00. The molecule has 3 nitrogen and oxygen atoms in total. The fraction of sp³-hybridized carbons (Fsp3) is 0.545. The number of nitrogens with one attached hydrogen (secondary N) is 1. The van der Waals surface area contributed by atoms with E-state index in [9.17, 15) is 4.39 Å². The first-order valence-electron chi connectivity index (χ1n) is 5.12. The van der Waals surface area contributed by atoms with Crippen LogP contribution in [0.25, 0.3) is 0 Å². The van der Waals surface area contributed by atoms with Gasteiger partial charge < -0.3 is 10.1 Å². The molecule has 1 aromatic rings. The van der Waals surface area contributed by atoms with Crippen molar-refractivity contribution in [3.63, 3.8) is 0 Å². The van der Waals surface area contributed by atoms with Crippen LogP contribution in [0.1, 0.15) is 12.0 Å². The lowest BCUT2D eigenvalue weighted by Gasteiger charge is -2.03. The van der Waals surface area contributed by atoms with Crippen molar-refractivity contribution in [3.8, 4) is 0 Å². The van der Waals surface area contributed by atoms with E-state index in [1.807, 2.05) is 0 Å². The van der Waals surface area contributed by atoms with Gasteiger partial charge in [-0.15, -0.1) is 0 Å². The summed E-state index contributed by atoms with van der Waals surface area (Å²) in [5.74, 6) is -0.264. The molecule has 84 valence electrons. The van der Waals surface area contributed by atoms with Crippen molar-refractivity contribution < 1.29 is 9.13 Å². The zero-order valence-electron chi connectivity index (χ0n) is 9.00. The fourth-order valence-electron chi connectivity index (χ4n) is 1.31. The molecule has 0 radical (unpaired) electrons. The SMILES string of the molecule is COCCNCCCc1cncc(F)c1. The summed E-state index contributed by atoms with van der Waals surface area (Å²) in [4.78, 5) is 3.80. The molecule has 0 saturated heterocycles. The molecule has 0 aromatic carbocycles. The van der Waals surface area contributed by atoms with Crippen LogP contribution < -0.4 is 5.32 Å². The molecule has 1 N–H and O–H groups in total. The Hall–Kier alpha value is -1.00. The van der Waals surface area contributed by atoms with Gasteiger partial charge in [0, 0.05) is 19.9 Å². The summed E-state index contributed by atoms with van der Waals surface area (Å²) in [5.41, 5.74) is 0.948. The molecule has 0 bridgehead atoms. The Balaban J connectivity index is 2.10. The number of nitrogens with zero attached hydrogens (tertiary/aromatic N) is 1. The van der Waals surface area contributed by atoms with E-state index >= 15 is 0 Å². The van der Waals surface area contributed by atoms with Gasteiger partial charge in [0.05, 0.1) is 12.8 Å². The van der Waals surface area contributed by atoms with E-state index in [1.165, 1.54) is 12.3 Å². The number of aryl methyl sites for hydroxylation is 1. The molecule has 0 saturated carbocycles. The van der Waals surface area contributed by atoms with Crippen molar-refractivity contribution in [3.05, 3.63) is 29.8 Å². The Bertz CT molecular complexity index is 281. The Kier molecular flexibility index (Phi) is 5.88. The van der Waals surface area contributed by atoms with Gasteiger partial charge in [-0.1, -0.05) is 0 Å². The van der Waals surface area contributed by atoms with Crippen molar-refractivity contribution in [1.29, 1.82) is 0 Å². The summed E-state index contributed by atoms with van der Waals surface area (Å²) in [5, 5.41) is 3.23. The van der Waals surface area contributed by atoms with Crippen molar-refractivity contribution in [2.45, 2.75) is 12.8 Å². The van der Waals surface area contributed by atoms with E-state index in [-0.39, 0.29) is 5.82 Å². The Morgan fingerprint density at radius 2 is 2.27 bits per heavy atom. The molecule has 1 rings (SSSR count). The standard InChI is InChI=1S/C11H17FN2O/c1-15-6-5-13-4-2-3-10-7-11(12)9-14-8-10/h7-9,13H,2-6H2,1H3. The number of rotatable bonds is 7. The molecule has 1 aromatic heterocycles. The van der Waals surface area contributed by atoms with Crippen LogP contribution in [-0.2, 0) is 11.2 Å². The molecule has 0 aliphatic rings. The van der Waals surface area contributed by atoms with Crippen LogP contribution in [0, 0.1) is 5.82 Å². The number of ether oxygens (including phenoxy) is 1. The van der Waals surface area contributed by atoms with Crippen LogP contribution >= 0.6 is 0 Å². The molecule has 0 unspecified atom stereocenters. The lowest BCUT2D eigenvalue weighted by atomic mass is 10.1. The maximum Gasteiger partial charge on any atom is 0.141 e. The van der Waals surface area contributed by atoms with Gasteiger partial charge >= 0.3 is 0 Å². The molecule has 4 heteroatoms. The third-order valence-electron chi connectivity index (χ3n) is 2.06. The van der Waals surface area contributed by atoms with Crippen LogP contribution in [0.5, 0.6) is 0 Å². The number of methoxy groups -OCH3 is 1. The van der Waals surface area contributed by atoms with Gasteiger partial charge in [-0.05, 0) is 31.0 Å². The Morgan fingerprint density at radius 1 is 1.40 bits per heavy atom. The first-order valence-corrected chi connectivity index (χ1v) is 5.12. The lowest BCUT2D eigenvalue weighted by molar-refractivity contribution is 0.199. The molecule has 0 aliphatic heterocycles. The summed E-state index contributed by atoms with van der Waals surface area (Å²) in [7, 11) is 1.68. The zero-order chi connectivity index (χ0) is 10.9. The average Bonchev–Trinajstić information content (AvgIpc) is 2.23. The smallest absolute Gasteiger partial charge is 0.141 e. The van der Waals surface area contributed by atoms with Crippen molar-refractivity contribution in [2.75, 3.05) is 26.8 Å². The second-order valence-electron chi connectivity index (χ2n) is 3.36. The number of halogens is 1. The molecule has 0 aliphatic carbocycles. The highest BCUT2D eigenvalue weighted by Gasteiger charge is 1.96. The maximum absolute atomic E-state index is 12.7. The third kappa shape index (κ3) is 5.44. The highest BCUT2D eigenvalue weighted by molar-refractivity contribution is 5.10. The number of pyridine rings is 1. The fourth-order valence-corrected chi connectivity index (χ4v) is 1.31. The minimum absolute atomic E-state index is 0.264. The van der Waals surface area contributed by atoms with E-state index in [1.54, 1.807) is 13.3 Å². The van der Waals surface area contributed by atoms with Crippen molar-refractivity contribution >= 4 is 0 Å². The molecule has 0 amide bonds. The summed E-state index contributed by atoms with van der Waals surface area (Å²) in [6.45, 7) is 2.50. The van der Waals surface area contributed by atoms with E-state index in [0.717, 1.165) is 38.1 Å². The predicted octanol–water partition coefficient (Wildman–Crippen LogP) is 1.39. The van der Waals surface area contributed by atoms with Gasteiger partial charge in [-0.25, -0.2) is 4.39 Å². The highest BCUT2D eigenvalue weighted by Crippen LogP contribution is 2.03. The van der Waals surface area contributed by atoms with E-state index in [4.69, 9.17) is 4.74 Å². The van der Waals surface area contributed by atoms with Gasteiger partial charge in [-0.3, -0.25) is 4.98 Å². The van der Waals surface area contributed by atoms with Gasteiger partial charge in [0.25, 0.3) is 0 Å². The molecule has 0 spiro atoms. The molecular formula is C11H17FN2O. The number of hydrogen-bond donors (Lipinski definition) is 1. The predicted molar refractivity (Wildman–Crippen MR) is 57.3 cm³/mol. The number of aromatic nitrogens is 1. The van der Waals surface area contributed by atoms with Crippen molar-refractivity contribution in [2.24, 2.45) is 0 Å². The molecular weight excluding hydrogens is 195 g/mol. The van der Waals surface area contributed by atoms with Crippen LogP contribution in [0.3, 0.4) is 0 Å². The largest absolute Gasteiger partial charge is 0.383 e. The van der Waals surface area contributed by atoms with Crippen LogP contribution in [-0.4, -0.2) is 31.8 Å². The minimum Gasteiger partial charge on any atom is -0.383 e. The highest BCUT2D eigenvalue weighted by atomic mass is 19.1. The first-order chi connectivity index (χ1) is 7.33. The van der Waals surface area contributed by atoms with E-state index in [2.05, 4.69) is 10.3 Å². The Morgan fingerprint density at radius 3 is 3.00 bits per heavy atom. The third-order valence-corrected chi connectivity index (χ3v) is 2.06. The summed E-state index contributed by atoms with van der Waals surface area (Å²) in [6, 6.07) is 1.53. The lowest BCUT2D eigenvalue weighted by Crippen LogP contribution is -2.20. The van der Waals surface area contributed by atoms with E-state index < -0.39 is 0 Å². The van der Waals surface area contributed by atoms with Gasteiger partial charge in [-0.2, -0.15) is 0 Å². The molecule has 0 atom stereocenters. The number of hydrogen-bond acceptors (Lipinski definition) is 3. The summed E-state index contributed by atoms with van der Waals surface area (Å²) >= 11 is 0. The van der Waals surface area contributed by atoms with Crippen LogP contribution in [0.15, 0.2) is 18.5 Å². The van der Waals surface area contributed by atoms with Gasteiger partial charge in [0.15, 0.2) is 0 Å². The molecule has 0 fully saturated rings. The van der Waals surface area contributed by atoms with Gasteiger partial charge in [0.2, 0.25) is 0 Å². The molecule has 1 heterocycles. The van der Waals surface area contributed by atoms with Crippen LogP contribution in [0.4, 0.5) is 4.39 Å². The van der Waals surface area contributed by atoms with Gasteiger partial charge in [0.1, 0.15) is 5.82 Å². The Labute approximate surface area is 89.7 Å².